The first-order chi connectivity index (χ1) is 28.2. The van der Waals surface area contributed by atoms with Crippen molar-refractivity contribution in [3.8, 4) is 0 Å². The van der Waals surface area contributed by atoms with Crippen molar-refractivity contribution in [2.75, 3.05) is 13.2 Å². The van der Waals surface area contributed by atoms with Gasteiger partial charge < -0.3 is 14.2 Å². The van der Waals surface area contributed by atoms with Gasteiger partial charge >= 0.3 is 17.9 Å². The highest BCUT2D eigenvalue weighted by atomic mass is 16.6. The van der Waals surface area contributed by atoms with Crippen LogP contribution in [0.3, 0.4) is 0 Å². The molecule has 0 aliphatic rings. The van der Waals surface area contributed by atoms with Crippen LogP contribution >= 0.6 is 0 Å². The first-order valence-electron chi connectivity index (χ1n) is 25.7. The minimum Gasteiger partial charge on any atom is -0.462 e. The predicted molar refractivity (Wildman–Crippen MR) is 247 cm³/mol. The van der Waals surface area contributed by atoms with Gasteiger partial charge in [-0.15, -0.1) is 0 Å². The molecule has 0 bridgehead atoms. The third-order valence-corrected chi connectivity index (χ3v) is 11.7. The molecule has 0 amide bonds. The number of unbranched alkanes of at least 4 members (excludes halogenated alkanes) is 31. The maximum absolute atomic E-state index is 12.8. The number of carbonyl (C=O) groups excluding carboxylic acids is 3. The summed E-state index contributed by atoms with van der Waals surface area (Å²) in [6.07, 6.45) is 45.1. The van der Waals surface area contributed by atoms with E-state index in [2.05, 4.69) is 34.6 Å². The zero-order valence-corrected chi connectivity index (χ0v) is 39.7. The summed E-state index contributed by atoms with van der Waals surface area (Å²) in [5.41, 5.74) is 0. The van der Waals surface area contributed by atoms with Gasteiger partial charge in [0.05, 0.1) is 0 Å². The van der Waals surface area contributed by atoms with Gasteiger partial charge in [0.1, 0.15) is 13.2 Å². The Morgan fingerprint density at radius 1 is 0.328 bits per heavy atom. The van der Waals surface area contributed by atoms with Gasteiger partial charge in [-0.05, 0) is 31.1 Å². The summed E-state index contributed by atoms with van der Waals surface area (Å²) in [4.78, 5) is 37.9. The van der Waals surface area contributed by atoms with Crippen molar-refractivity contribution in [2.45, 2.75) is 291 Å². The minimum absolute atomic E-state index is 0.0640. The lowest BCUT2D eigenvalue weighted by Crippen LogP contribution is -2.30. The first-order valence-corrected chi connectivity index (χ1v) is 25.7. The second kappa shape index (κ2) is 44.9. The molecule has 58 heavy (non-hydrogen) atoms. The van der Waals surface area contributed by atoms with Crippen molar-refractivity contribution in [1.82, 2.24) is 0 Å². The summed E-state index contributed by atoms with van der Waals surface area (Å²) in [6.45, 7) is 11.3. The number of hydrogen-bond donors (Lipinski definition) is 0. The highest BCUT2D eigenvalue weighted by Gasteiger charge is 2.19. The average molecular weight is 821 g/mol. The van der Waals surface area contributed by atoms with E-state index in [-0.39, 0.29) is 31.1 Å². The van der Waals surface area contributed by atoms with Crippen LogP contribution in [0, 0.1) is 11.8 Å². The molecule has 6 nitrogen and oxygen atoms in total. The standard InChI is InChI=1S/C52H100O6/c1-6-7-8-9-10-11-12-13-14-17-23-29-34-39-44-52(55)58-49(46-57-51(54)43-38-33-28-24-19-21-26-31-36-41-48(4)5)45-56-50(53)42-37-32-27-22-18-15-16-20-25-30-35-40-47(2)3/h47-49H,6-46H2,1-5H3/t49-/m0/s1. The molecule has 0 rings (SSSR count). The topological polar surface area (TPSA) is 78.9 Å². The number of rotatable bonds is 46. The largest absolute Gasteiger partial charge is 0.462 e. The van der Waals surface area contributed by atoms with Crippen molar-refractivity contribution in [1.29, 1.82) is 0 Å². The molecule has 0 aliphatic heterocycles. The Labute approximate surface area is 361 Å². The summed E-state index contributed by atoms with van der Waals surface area (Å²) < 4.78 is 16.8. The van der Waals surface area contributed by atoms with Gasteiger partial charge in [0.25, 0.3) is 0 Å². The molecular formula is C52H100O6. The van der Waals surface area contributed by atoms with Crippen LogP contribution in [0.2, 0.25) is 0 Å². The second-order valence-electron chi connectivity index (χ2n) is 18.8. The predicted octanol–water partition coefficient (Wildman–Crippen LogP) is 16.5. The van der Waals surface area contributed by atoms with E-state index in [1.54, 1.807) is 0 Å². The molecule has 0 saturated heterocycles. The smallest absolute Gasteiger partial charge is 0.306 e. The Bertz CT molecular complexity index is 885. The van der Waals surface area contributed by atoms with Gasteiger partial charge in [0.15, 0.2) is 6.10 Å². The second-order valence-corrected chi connectivity index (χ2v) is 18.8. The normalized spacial score (nSPS) is 12.1. The quantitative estimate of drug-likeness (QED) is 0.0346. The lowest BCUT2D eigenvalue weighted by Gasteiger charge is -2.18. The van der Waals surface area contributed by atoms with E-state index in [1.807, 2.05) is 0 Å². The Morgan fingerprint density at radius 3 is 0.845 bits per heavy atom. The molecule has 344 valence electrons. The zero-order chi connectivity index (χ0) is 42.6. The number of ether oxygens (including phenoxy) is 3. The fourth-order valence-electron chi connectivity index (χ4n) is 7.81. The fourth-order valence-corrected chi connectivity index (χ4v) is 7.81. The third kappa shape index (κ3) is 45.5. The van der Waals surface area contributed by atoms with Crippen LogP contribution < -0.4 is 0 Å². The summed E-state index contributed by atoms with van der Waals surface area (Å²) in [5, 5.41) is 0. The molecule has 0 aromatic carbocycles. The van der Waals surface area contributed by atoms with E-state index in [1.165, 1.54) is 173 Å². The molecule has 0 N–H and O–H groups in total. The molecule has 0 aromatic rings. The van der Waals surface area contributed by atoms with E-state index in [0.717, 1.165) is 69.6 Å². The molecule has 0 aliphatic carbocycles. The zero-order valence-electron chi connectivity index (χ0n) is 39.7. The molecule has 0 aromatic heterocycles. The van der Waals surface area contributed by atoms with E-state index < -0.39 is 6.10 Å². The van der Waals surface area contributed by atoms with Crippen molar-refractivity contribution < 1.29 is 28.6 Å². The Balaban J connectivity index is 4.32. The highest BCUT2D eigenvalue weighted by molar-refractivity contribution is 5.71. The van der Waals surface area contributed by atoms with Crippen LogP contribution in [0.25, 0.3) is 0 Å². The molecule has 0 saturated carbocycles. The van der Waals surface area contributed by atoms with Crippen molar-refractivity contribution >= 4 is 17.9 Å². The Hall–Kier alpha value is -1.59. The van der Waals surface area contributed by atoms with Gasteiger partial charge in [0, 0.05) is 19.3 Å². The van der Waals surface area contributed by atoms with Crippen LogP contribution in [-0.2, 0) is 28.6 Å². The van der Waals surface area contributed by atoms with Crippen LogP contribution in [-0.4, -0.2) is 37.2 Å². The van der Waals surface area contributed by atoms with Gasteiger partial charge in [-0.3, -0.25) is 14.4 Å². The van der Waals surface area contributed by atoms with Gasteiger partial charge in [-0.2, -0.15) is 0 Å². The summed E-state index contributed by atoms with van der Waals surface area (Å²) in [5.74, 6) is 0.786. The van der Waals surface area contributed by atoms with E-state index in [4.69, 9.17) is 14.2 Å². The molecule has 0 heterocycles. The molecule has 0 unspecified atom stereocenters. The molecule has 0 fully saturated rings. The molecule has 0 spiro atoms. The van der Waals surface area contributed by atoms with Crippen molar-refractivity contribution in [3.05, 3.63) is 0 Å². The number of carbonyl (C=O) groups is 3. The average Bonchev–Trinajstić information content (AvgIpc) is 3.19. The summed E-state index contributed by atoms with van der Waals surface area (Å²) in [6, 6.07) is 0. The Kier molecular flexibility index (Phi) is 43.7. The summed E-state index contributed by atoms with van der Waals surface area (Å²) >= 11 is 0. The molecule has 1 atom stereocenters. The first kappa shape index (κ1) is 56.4. The third-order valence-electron chi connectivity index (χ3n) is 11.7. The van der Waals surface area contributed by atoms with Crippen LogP contribution in [0.4, 0.5) is 0 Å². The molecule has 6 heteroatoms. The molecule has 0 radical (unpaired) electrons. The van der Waals surface area contributed by atoms with E-state index >= 15 is 0 Å². The minimum atomic E-state index is -0.761. The van der Waals surface area contributed by atoms with Crippen LogP contribution in [0.1, 0.15) is 285 Å². The van der Waals surface area contributed by atoms with Gasteiger partial charge in [-0.25, -0.2) is 0 Å². The van der Waals surface area contributed by atoms with E-state index in [0.29, 0.717) is 19.3 Å². The van der Waals surface area contributed by atoms with E-state index in [9.17, 15) is 14.4 Å². The Morgan fingerprint density at radius 2 is 0.569 bits per heavy atom. The SMILES string of the molecule is CCCCCCCCCCCCCCCCC(=O)O[C@@H](COC(=O)CCCCCCCCCCCCCC(C)C)COC(=O)CCCCCCCCCCCC(C)C. The maximum atomic E-state index is 12.8. The number of hydrogen-bond acceptors (Lipinski definition) is 6. The lowest BCUT2D eigenvalue weighted by atomic mass is 10.0. The lowest BCUT2D eigenvalue weighted by molar-refractivity contribution is -0.167. The fraction of sp³-hybridized carbons (Fsp3) is 0.942. The number of esters is 3. The van der Waals surface area contributed by atoms with Crippen LogP contribution in [0.15, 0.2) is 0 Å². The van der Waals surface area contributed by atoms with Crippen molar-refractivity contribution in [3.63, 3.8) is 0 Å². The van der Waals surface area contributed by atoms with Crippen molar-refractivity contribution in [2.24, 2.45) is 11.8 Å². The monoisotopic (exact) mass is 821 g/mol. The maximum Gasteiger partial charge on any atom is 0.306 e. The summed E-state index contributed by atoms with van der Waals surface area (Å²) in [7, 11) is 0. The highest BCUT2D eigenvalue weighted by Crippen LogP contribution is 2.17. The molecular weight excluding hydrogens is 721 g/mol. The van der Waals surface area contributed by atoms with Gasteiger partial charge in [-0.1, -0.05) is 247 Å². The van der Waals surface area contributed by atoms with Crippen LogP contribution in [0.5, 0.6) is 0 Å². The van der Waals surface area contributed by atoms with Gasteiger partial charge in [0.2, 0.25) is 0 Å².